The minimum Gasteiger partial charge on any atom is -0.349 e. The molecular formula is C19H21N5O. The third kappa shape index (κ3) is 2.99. The molecule has 2 aromatic heterocycles. The Bertz CT molecular complexity index is 897. The largest absolute Gasteiger partial charge is 0.349 e. The summed E-state index contributed by atoms with van der Waals surface area (Å²) < 4.78 is 1.58. The van der Waals surface area contributed by atoms with Gasteiger partial charge in [0.2, 0.25) is 5.91 Å². The van der Waals surface area contributed by atoms with E-state index in [0.29, 0.717) is 11.6 Å². The van der Waals surface area contributed by atoms with E-state index in [4.69, 9.17) is 0 Å². The summed E-state index contributed by atoms with van der Waals surface area (Å²) in [5.74, 6) is 0.936. The molecule has 0 spiro atoms. The summed E-state index contributed by atoms with van der Waals surface area (Å²) in [7, 11) is 0. The highest BCUT2D eigenvalue weighted by Gasteiger charge is 2.32. The topological polar surface area (TPSA) is 72.2 Å². The van der Waals surface area contributed by atoms with Gasteiger partial charge in [0.1, 0.15) is 0 Å². The van der Waals surface area contributed by atoms with Gasteiger partial charge in [-0.1, -0.05) is 38.1 Å². The number of amides is 1. The summed E-state index contributed by atoms with van der Waals surface area (Å²) in [6.07, 6.45) is 5.58. The number of rotatable bonds is 3. The van der Waals surface area contributed by atoms with E-state index in [-0.39, 0.29) is 23.8 Å². The van der Waals surface area contributed by atoms with Crippen molar-refractivity contribution in [3.63, 3.8) is 0 Å². The smallest absolute Gasteiger partial charge is 0.252 e. The highest BCUT2D eigenvalue weighted by molar-refractivity contribution is 5.78. The Balaban J connectivity index is 1.51. The van der Waals surface area contributed by atoms with Crippen molar-refractivity contribution in [2.75, 3.05) is 0 Å². The molecule has 0 radical (unpaired) electrons. The fourth-order valence-corrected chi connectivity index (χ4v) is 3.60. The lowest BCUT2D eigenvalue weighted by atomic mass is 9.71. The fraction of sp³-hybridized carbons (Fsp3) is 0.368. The lowest BCUT2D eigenvalue weighted by Crippen LogP contribution is -2.36. The van der Waals surface area contributed by atoms with Gasteiger partial charge in [0.15, 0.2) is 5.82 Å². The SMILES string of the molecule is CC1(C)CC[C@H](NC(=O)Cc2nc3ncccn3n2)c2ccccc21. The number of hydrogen-bond donors (Lipinski definition) is 1. The molecule has 1 aromatic carbocycles. The van der Waals surface area contributed by atoms with Crippen LogP contribution in [0.4, 0.5) is 0 Å². The van der Waals surface area contributed by atoms with E-state index < -0.39 is 0 Å². The second-order valence-electron chi connectivity index (χ2n) is 7.20. The summed E-state index contributed by atoms with van der Waals surface area (Å²) in [5, 5.41) is 7.45. The number of aromatic nitrogens is 4. The van der Waals surface area contributed by atoms with Crippen LogP contribution in [0.15, 0.2) is 42.7 Å². The second-order valence-corrected chi connectivity index (χ2v) is 7.20. The molecule has 1 aliphatic rings. The van der Waals surface area contributed by atoms with Crippen LogP contribution in [-0.2, 0) is 16.6 Å². The summed E-state index contributed by atoms with van der Waals surface area (Å²) in [5.41, 5.74) is 2.69. The van der Waals surface area contributed by atoms with Gasteiger partial charge in [0.05, 0.1) is 12.5 Å². The van der Waals surface area contributed by atoms with Gasteiger partial charge in [-0.25, -0.2) is 9.50 Å². The van der Waals surface area contributed by atoms with Crippen LogP contribution in [0.25, 0.3) is 5.78 Å². The Hall–Kier alpha value is -2.76. The molecule has 0 bridgehead atoms. The summed E-state index contributed by atoms with van der Waals surface area (Å²) >= 11 is 0. The van der Waals surface area contributed by atoms with E-state index in [1.165, 1.54) is 11.1 Å². The van der Waals surface area contributed by atoms with Crippen molar-refractivity contribution in [2.45, 2.75) is 44.6 Å². The Morgan fingerprint density at radius 1 is 1.32 bits per heavy atom. The van der Waals surface area contributed by atoms with Gasteiger partial charge in [-0.15, -0.1) is 5.10 Å². The van der Waals surface area contributed by atoms with Crippen LogP contribution < -0.4 is 5.32 Å². The van der Waals surface area contributed by atoms with Gasteiger partial charge in [-0.3, -0.25) is 4.79 Å². The molecule has 1 N–H and O–H groups in total. The predicted octanol–water partition coefficient (Wildman–Crippen LogP) is 2.60. The van der Waals surface area contributed by atoms with Crippen LogP contribution in [0.5, 0.6) is 0 Å². The van der Waals surface area contributed by atoms with Gasteiger partial charge in [0, 0.05) is 12.4 Å². The number of hydrogen-bond acceptors (Lipinski definition) is 4. The molecule has 0 unspecified atom stereocenters. The summed E-state index contributed by atoms with van der Waals surface area (Å²) in [4.78, 5) is 20.9. The Morgan fingerprint density at radius 2 is 2.16 bits per heavy atom. The first-order chi connectivity index (χ1) is 12.0. The third-order valence-electron chi connectivity index (χ3n) is 4.94. The molecule has 128 valence electrons. The number of carbonyl (C=O) groups excluding carboxylic acids is 1. The van der Waals surface area contributed by atoms with Crippen molar-refractivity contribution in [1.82, 2.24) is 24.9 Å². The molecule has 0 fully saturated rings. The maximum Gasteiger partial charge on any atom is 0.252 e. The van der Waals surface area contributed by atoms with Crippen LogP contribution in [-0.4, -0.2) is 25.5 Å². The number of benzene rings is 1. The van der Waals surface area contributed by atoms with Crippen molar-refractivity contribution in [2.24, 2.45) is 0 Å². The van der Waals surface area contributed by atoms with Crippen LogP contribution in [0.2, 0.25) is 0 Å². The van der Waals surface area contributed by atoms with Gasteiger partial charge in [-0.2, -0.15) is 4.98 Å². The average Bonchev–Trinajstić information content (AvgIpc) is 3.00. The van der Waals surface area contributed by atoms with Crippen molar-refractivity contribution in [3.8, 4) is 0 Å². The van der Waals surface area contributed by atoms with E-state index in [2.05, 4.69) is 52.4 Å². The molecule has 6 nitrogen and oxygen atoms in total. The van der Waals surface area contributed by atoms with Crippen molar-refractivity contribution in [3.05, 3.63) is 59.7 Å². The highest BCUT2D eigenvalue weighted by Crippen LogP contribution is 2.41. The molecule has 4 rings (SSSR count). The quantitative estimate of drug-likeness (QED) is 0.798. The highest BCUT2D eigenvalue weighted by atomic mass is 16.1. The van der Waals surface area contributed by atoms with E-state index in [1.54, 1.807) is 23.0 Å². The van der Waals surface area contributed by atoms with E-state index >= 15 is 0 Å². The molecule has 1 amide bonds. The molecule has 1 atom stereocenters. The van der Waals surface area contributed by atoms with Crippen molar-refractivity contribution in [1.29, 1.82) is 0 Å². The van der Waals surface area contributed by atoms with Crippen LogP contribution in [0.1, 0.15) is 49.7 Å². The Kier molecular flexibility index (Phi) is 3.75. The van der Waals surface area contributed by atoms with Crippen molar-refractivity contribution < 1.29 is 4.79 Å². The first kappa shape index (κ1) is 15.7. The number of nitrogens with zero attached hydrogens (tertiary/aromatic N) is 4. The van der Waals surface area contributed by atoms with Crippen LogP contribution in [0.3, 0.4) is 0 Å². The zero-order valence-corrected chi connectivity index (χ0v) is 14.4. The first-order valence-electron chi connectivity index (χ1n) is 8.58. The number of nitrogens with one attached hydrogen (secondary N) is 1. The number of fused-ring (bicyclic) bond motifs is 2. The van der Waals surface area contributed by atoms with Crippen LogP contribution in [0, 0.1) is 0 Å². The summed E-state index contributed by atoms with van der Waals surface area (Å²) in [6.45, 7) is 4.52. The monoisotopic (exact) mass is 335 g/mol. The fourth-order valence-electron chi connectivity index (χ4n) is 3.60. The Morgan fingerprint density at radius 3 is 3.00 bits per heavy atom. The molecule has 6 heteroatoms. The van der Waals surface area contributed by atoms with E-state index in [9.17, 15) is 4.79 Å². The van der Waals surface area contributed by atoms with Gasteiger partial charge in [0.25, 0.3) is 5.78 Å². The molecule has 25 heavy (non-hydrogen) atoms. The average molecular weight is 335 g/mol. The van der Waals surface area contributed by atoms with Crippen LogP contribution >= 0.6 is 0 Å². The molecular weight excluding hydrogens is 314 g/mol. The van der Waals surface area contributed by atoms with Crippen molar-refractivity contribution >= 4 is 11.7 Å². The third-order valence-corrected chi connectivity index (χ3v) is 4.94. The lowest BCUT2D eigenvalue weighted by Gasteiger charge is -2.37. The second kappa shape index (κ2) is 5.95. The zero-order chi connectivity index (χ0) is 17.4. The molecule has 0 saturated heterocycles. The normalized spacial score (nSPS) is 18.7. The minimum absolute atomic E-state index is 0.0480. The zero-order valence-electron chi connectivity index (χ0n) is 14.4. The molecule has 2 heterocycles. The maximum atomic E-state index is 12.5. The molecule has 0 saturated carbocycles. The van der Waals surface area contributed by atoms with E-state index in [1.807, 2.05) is 6.07 Å². The number of carbonyl (C=O) groups is 1. The summed E-state index contributed by atoms with van der Waals surface area (Å²) in [6, 6.07) is 10.2. The molecule has 3 aromatic rings. The maximum absolute atomic E-state index is 12.5. The minimum atomic E-state index is -0.0598. The first-order valence-corrected chi connectivity index (χ1v) is 8.58. The van der Waals surface area contributed by atoms with Gasteiger partial charge < -0.3 is 5.32 Å². The standard InChI is InChI=1S/C19H21N5O/c1-19(2)9-8-15(13-6-3-4-7-14(13)19)21-17(25)12-16-22-18-20-10-5-11-24(18)23-16/h3-7,10-11,15H,8-9,12H2,1-2H3,(H,21,25)/t15-/m0/s1. The van der Waals surface area contributed by atoms with Gasteiger partial charge >= 0.3 is 0 Å². The van der Waals surface area contributed by atoms with Gasteiger partial charge in [-0.05, 0) is 35.4 Å². The van der Waals surface area contributed by atoms with E-state index in [0.717, 1.165) is 12.8 Å². The predicted molar refractivity (Wildman–Crippen MR) is 94.1 cm³/mol. The molecule has 0 aliphatic heterocycles. The lowest BCUT2D eigenvalue weighted by molar-refractivity contribution is -0.121. The molecule has 1 aliphatic carbocycles. The Labute approximate surface area is 146 Å².